The van der Waals surface area contributed by atoms with Gasteiger partial charge in [-0.2, -0.15) is 10.1 Å². The van der Waals surface area contributed by atoms with Gasteiger partial charge in [0.1, 0.15) is 0 Å². The predicted molar refractivity (Wildman–Crippen MR) is 104 cm³/mol. The van der Waals surface area contributed by atoms with Crippen LogP contribution in [0.4, 0.5) is 23.1 Å². The minimum atomic E-state index is 0.440. The Kier molecular flexibility index (Phi) is 4.15. The van der Waals surface area contributed by atoms with Crippen LogP contribution in [0.25, 0.3) is 10.9 Å². The first kappa shape index (κ1) is 16.0. The first-order valence-electron chi connectivity index (χ1n) is 8.34. The molecule has 128 valence electrons. The Balaban J connectivity index is 1.61. The number of aryl methyl sites for hydroxylation is 2. The molecule has 2 aromatic heterocycles. The Morgan fingerprint density at radius 1 is 0.885 bits per heavy atom. The molecule has 0 unspecified atom stereocenters. The molecule has 0 aliphatic rings. The van der Waals surface area contributed by atoms with Crippen LogP contribution >= 0.6 is 0 Å². The van der Waals surface area contributed by atoms with Crippen LogP contribution in [-0.2, 0) is 0 Å². The van der Waals surface area contributed by atoms with Gasteiger partial charge in [-0.25, -0.2) is 0 Å². The van der Waals surface area contributed by atoms with Gasteiger partial charge in [-0.05, 0) is 37.6 Å². The largest absolute Gasteiger partial charge is 0.337 e. The number of nitrogens with one attached hydrogen (secondary N) is 2. The smallest absolute Gasteiger partial charge is 0.249 e. The normalized spacial score (nSPS) is 10.7. The second-order valence-electron chi connectivity index (χ2n) is 6.11. The monoisotopic (exact) mass is 342 g/mol. The summed E-state index contributed by atoms with van der Waals surface area (Å²) in [5, 5.41) is 15.7. The Morgan fingerprint density at radius 2 is 1.77 bits per heavy atom. The van der Waals surface area contributed by atoms with Crippen LogP contribution in [0.5, 0.6) is 0 Å². The van der Waals surface area contributed by atoms with E-state index in [1.165, 1.54) is 5.56 Å². The minimum Gasteiger partial charge on any atom is -0.337 e. The number of aromatic nitrogens is 4. The van der Waals surface area contributed by atoms with Gasteiger partial charge in [0.15, 0.2) is 5.82 Å². The van der Waals surface area contributed by atoms with Gasteiger partial charge in [0.05, 0.1) is 17.4 Å². The molecule has 2 N–H and O–H groups in total. The summed E-state index contributed by atoms with van der Waals surface area (Å²) in [6.07, 6.45) is 3.37. The maximum Gasteiger partial charge on any atom is 0.249 e. The number of benzene rings is 2. The summed E-state index contributed by atoms with van der Waals surface area (Å²) in [4.78, 5) is 8.96. The summed E-state index contributed by atoms with van der Waals surface area (Å²) < 4.78 is 0. The zero-order chi connectivity index (χ0) is 17.9. The minimum absolute atomic E-state index is 0.440. The first-order valence-corrected chi connectivity index (χ1v) is 8.34. The second kappa shape index (κ2) is 6.76. The predicted octanol–water partition coefficient (Wildman–Crippen LogP) is 4.52. The molecule has 4 rings (SSSR count). The molecular weight excluding hydrogens is 324 g/mol. The average Bonchev–Trinajstić information content (AvgIpc) is 2.65. The highest BCUT2D eigenvalue weighted by Crippen LogP contribution is 2.24. The van der Waals surface area contributed by atoms with Gasteiger partial charge in [-0.1, -0.05) is 35.9 Å². The third kappa shape index (κ3) is 3.30. The van der Waals surface area contributed by atoms with E-state index in [4.69, 9.17) is 0 Å². The number of fused-ring (bicyclic) bond motifs is 1. The molecule has 0 spiro atoms. The van der Waals surface area contributed by atoms with Gasteiger partial charge in [0, 0.05) is 17.3 Å². The van der Waals surface area contributed by atoms with Gasteiger partial charge < -0.3 is 10.6 Å². The third-order valence-corrected chi connectivity index (χ3v) is 4.08. The van der Waals surface area contributed by atoms with Crippen LogP contribution in [0.15, 0.2) is 60.9 Å². The second-order valence-corrected chi connectivity index (χ2v) is 6.11. The molecule has 0 aliphatic heterocycles. The van der Waals surface area contributed by atoms with Crippen molar-refractivity contribution < 1.29 is 0 Å². The fourth-order valence-corrected chi connectivity index (χ4v) is 2.83. The number of pyridine rings is 1. The van der Waals surface area contributed by atoms with Crippen LogP contribution < -0.4 is 10.6 Å². The van der Waals surface area contributed by atoms with Crippen LogP contribution in [0, 0.1) is 13.8 Å². The number of para-hydroxylation sites is 1. The van der Waals surface area contributed by atoms with Crippen molar-refractivity contribution in [2.45, 2.75) is 13.8 Å². The number of hydrogen-bond acceptors (Lipinski definition) is 6. The molecule has 6 nitrogen and oxygen atoms in total. The Hall–Kier alpha value is -3.54. The van der Waals surface area contributed by atoms with Gasteiger partial charge in [0.25, 0.3) is 0 Å². The summed E-state index contributed by atoms with van der Waals surface area (Å²) in [7, 11) is 0. The topological polar surface area (TPSA) is 75.6 Å². The Morgan fingerprint density at radius 3 is 2.65 bits per heavy atom. The molecule has 0 fully saturated rings. The molecule has 2 aromatic carbocycles. The maximum atomic E-state index is 4.51. The highest BCUT2D eigenvalue weighted by atomic mass is 15.3. The quantitative estimate of drug-likeness (QED) is 0.568. The lowest BCUT2D eigenvalue weighted by Gasteiger charge is -2.11. The van der Waals surface area contributed by atoms with Crippen LogP contribution in [-0.4, -0.2) is 20.2 Å². The first-order chi connectivity index (χ1) is 12.7. The zero-order valence-electron chi connectivity index (χ0n) is 14.6. The van der Waals surface area contributed by atoms with Crippen molar-refractivity contribution in [3.05, 3.63) is 72.1 Å². The summed E-state index contributed by atoms with van der Waals surface area (Å²) >= 11 is 0. The molecule has 6 heteroatoms. The standard InChI is InChI=1S/C20H18N6/c1-13-8-9-16(14(2)11-13)24-20-25-18(12-22-26-20)23-17-7-3-5-15-6-4-10-21-19(15)17/h3-12H,1-2H3,(H2,23,24,25,26). The van der Waals surface area contributed by atoms with Gasteiger partial charge in [-0.15, -0.1) is 5.10 Å². The van der Waals surface area contributed by atoms with E-state index in [2.05, 4.69) is 43.8 Å². The Bertz CT molecular complexity index is 1070. The molecule has 0 atom stereocenters. The molecule has 4 aromatic rings. The van der Waals surface area contributed by atoms with Crippen molar-refractivity contribution in [2.75, 3.05) is 10.6 Å². The Labute approximate surface area is 151 Å². The highest BCUT2D eigenvalue weighted by molar-refractivity contribution is 5.91. The molecule has 26 heavy (non-hydrogen) atoms. The summed E-state index contributed by atoms with van der Waals surface area (Å²) in [6, 6.07) is 16.1. The maximum absolute atomic E-state index is 4.51. The summed E-state index contributed by atoms with van der Waals surface area (Å²) in [5.41, 5.74) is 5.07. The molecule has 0 saturated carbocycles. The van der Waals surface area contributed by atoms with E-state index < -0.39 is 0 Å². The van der Waals surface area contributed by atoms with Crippen LogP contribution in [0.2, 0.25) is 0 Å². The summed E-state index contributed by atoms with van der Waals surface area (Å²) in [6.45, 7) is 4.12. The van der Waals surface area contributed by atoms with Crippen molar-refractivity contribution in [3.8, 4) is 0 Å². The molecule has 0 radical (unpaired) electrons. The molecule has 0 aliphatic carbocycles. The van der Waals surface area contributed by atoms with E-state index in [0.29, 0.717) is 11.8 Å². The van der Waals surface area contributed by atoms with Crippen molar-refractivity contribution >= 4 is 34.0 Å². The van der Waals surface area contributed by atoms with Crippen molar-refractivity contribution in [2.24, 2.45) is 0 Å². The fraction of sp³-hybridized carbons (Fsp3) is 0.100. The third-order valence-electron chi connectivity index (χ3n) is 4.08. The lowest BCUT2D eigenvalue weighted by atomic mass is 10.1. The average molecular weight is 342 g/mol. The van der Waals surface area contributed by atoms with E-state index in [0.717, 1.165) is 27.8 Å². The van der Waals surface area contributed by atoms with Crippen LogP contribution in [0.1, 0.15) is 11.1 Å². The fourth-order valence-electron chi connectivity index (χ4n) is 2.83. The van der Waals surface area contributed by atoms with Crippen LogP contribution in [0.3, 0.4) is 0 Å². The van der Waals surface area contributed by atoms with Crippen molar-refractivity contribution in [3.63, 3.8) is 0 Å². The lowest BCUT2D eigenvalue weighted by Crippen LogP contribution is -2.03. The van der Waals surface area contributed by atoms with Gasteiger partial charge in [0.2, 0.25) is 5.95 Å². The highest BCUT2D eigenvalue weighted by Gasteiger charge is 2.06. The molecule has 0 saturated heterocycles. The SMILES string of the molecule is Cc1ccc(Nc2nncc(Nc3cccc4cccnc34)n2)c(C)c1. The molecule has 0 bridgehead atoms. The molecule has 2 heterocycles. The van der Waals surface area contributed by atoms with E-state index in [1.807, 2.05) is 49.4 Å². The van der Waals surface area contributed by atoms with E-state index in [9.17, 15) is 0 Å². The number of nitrogens with zero attached hydrogens (tertiary/aromatic N) is 4. The van der Waals surface area contributed by atoms with Crippen molar-refractivity contribution in [1.82, 2.24) is 20.2 Å². The zero-order valence-corrected chi connectivity index (χ0v) is 14.6. The summed E-state index contributed by atoms with van der Waals surface area (Å²) in [5.74, 6) is 1.04. The van der Waals surface area contributed by atoms with Gasteiger partial charge in [-0.3, -0.25) is 4.98 Å². The van der Waals surface area contributed by atoms with E-state index in [-0.39, 0.29) is 0 Å². The van der Waals surface area contributed by atoms with E-state index >= 15 is 0 Å². The number of hydrogen-bond donors (Lipinski definition) is 2. The van der Waals surface area contributed by atoms with Crippen molar-refractivity contribution in [1.29, 1.82) is 0 Å². The number of anilines is 4. The van der Waals surface area contributed by atoms with E-state index in [1.54, 1.807) is 12.4 Å². The lowest BCUT2D eigenvalue weighted by molar-refractivity contribution is 0.982. The molecule has 0 amide bonds. The number of rotatable bonds is 4. The van der Waals surface area contributed by atoms with Gasteiger partial charge >= 0.3 is 0 Å². The molecular formula is C20H18N6.